The first-order valence-corrected chi connectivity index (χ1v) is 12.6. The number of furan rings is 1. The molecule has 0 bridgehead atoms. The second-order valence-electron chi connectivity index (χ2n) is 9.87. The summed E-state index contributed by atoms with van der Waals surface area (Å²) in [5.74, 6) is -0.544. The van der Waals surface area contributed by atoms with E-state index in [1.165, 1.54) is 6.42 Å². The molecule has 0 saturated heterocycles. The van der Waals surface area contributed by atoms with Gasteiger partial charge in [-0.25, -0.2) is 4.57 Å². The van der Waals surface area contributed by atoms with Crippen molar-refractivity contribution < 1.29 is 14.5 Å². The molecule has 1 aliphatic carbocycles. The van der Waals surface area contributed by atoms with Gasteiger partial charge in [0.05, 0.1) is 17.2 Å². The SMILES string of the molecule is [2H]C([2H])([2H])c1ccc(-c2c(C)ccc3c2oc2c(-c4ccc(C5([2H])CCCCC5)cc4)c(C#N)ccc23)[n+](C)c1. The second kappa shape index (κ2) is 8.95. The molecule has 3 heteroatoms. The molecule has 1 aliphatic rings. The normalized spacial score (nSPS) is 17.2. The highest BCUT2D eigenvalue weighted by Gasteiger charge is 2.23. The number of fused-ring (bicyclic) bond motifs is 3. The summed E-state index contributed by atoms with van der Waals surface area (Å²) in [4.78, 5) is 0. The topological polar surface area (TPSA) is 40.8 Å². The average molecular weight is 476 g/mol. The van der Waals surface area contributed by atoms with E-state index in [2.05, 4.69) is 12.1 Å². The van der Waals surface area contributed by atoms with Crippen molar-refractivity contribution in [3.8, 4) is 28.5 Å². The Morgan fingerprint density at radius 1 is 0.917 bits per heavy atom. The Morgan fingerprint density at radius 2 is 1.64 bits per heavy atom. The van der Waals surface area contributed by atoms with Crippen LogP contribution in [-0.2, 0) is 7.05 Å². The van der Waals surface area contributed by atoms with Crippen LogP contribution < -0.4 is 4.57 Å². The first kappa shape index (κ1) is 18.4. The summed E-state index contributed by atoms with van der Waals surface area (Å²) in [7, 11) is 1.84. The fraction of sp³-hybridized carbons (Fsp3) is 0.273. The zero-order valence-corrected chi connectivity index (χ0v) is 20.7. The molecule has 3 aromatic carbocycles. The van der Waals surface area contributed by atoms with Gasteiger partial charge in [-0.1, -0.05) is 55.7 Å². The lowest BCUT2D eigenvalue weighted by molar-refractivity contribution is -0.660. The van der Waals surface area contributed by atoms with Crippen LogP contribution in [-0.4, -0.2) is 0 Å². The molecule has 0 atom stereocenters. The van der Waals surface area contributed by atoms with E-state index in [9.17, 15) is 5.26 Å². The third kappa shape index (κ3) is 3.69. The predicted octanol–water partition coefficient (Wildman–Crippen LogP) is 8.28. The molecule has 2 aromatic heterocycles. The van der Waals surface area contributed by atoms with Gasteiger partial charge in [0.2, 0.25) is 5.69 Å². The maximum atomic E-state index is 10.0. The van der Waals surface area contributed by atoms with Gasteiger partial charge in [-0.3, -0.25) is 0 Å². The standard InChI is InChI=1S/C33H31N2O/c1-21-9-18-29(35(3)20-21)30-22(2)10-16-27-28-17-15-26(19-34)31(33(28)36-32(27)30)25-13-11-24(12-14-25)23-7-5-4-6-8-23/h9-18,20,23H,4-8H2,1-3H3/q+1/i1D3,23D. The van der Waals surface area contributed by atoms with Crippen molar-refractivity contribution in [3.63, 3.8) is 0 Å². The Kier molecular flexibility index (Phi) is 4.57. The number of aryl methyl sites for hydroxylation is 3. The molecule has 178 valence electrons. The highest BCUT2D eigenvalue weighted by Crippen LogP contribution is 2.42. The lowest BCUT2D eigenvalue weighted by Crippen LogP contribution is -2.31. The summed E-state index contributed by atoms with van der Waals surface area (Å²) in [6.45, 7) is -0.173. The van der Waals surface area contributed by atoms with Gasteiger partial charge in [0.15, 0.2) is 6.20 Å². The third-order valence-corrected chi connectivity index (χ3v) is 7.57. The fourth-order valence-corrected chi connectivity index (χ4v) is 5.71. The van der Waals surface area contributed by atoms with E-state index >= 15 is 0 Å². The minimum Gasteiger partial charge on any atom is -0.454 e. The van der Waals surface area contributed by atoms with Crippen molar-refractivity contribution in [1.29, 1.82) is 5.26 Å². The predicted molar refractivity (Wildman–Crippen MR) is 146 cm³/mol. The van der Waals surface area contributed by atoms with Crippen LogP contribution in [0.2, 0.25) is 0 Å². The van der Waals surface area contributed by atoms with Crippen molar-refractivity contribution >= 4 is 21.9 Å². The molecule has 0 N–H and O–H groups in total. The van der Waals surface area contributed by atoms with Crippen LogP contribution in [0.1, 0.15) is 65.7 Å². The number of pyridine rings is 1. The van der Waals surface area contributed by atoms with Crippen LogP contribution >= 0.6 is 0 Å². The summed E-state index contributed by atoms with van der Waals surface area (Å²) in [6, 6.07) is 21.8. The first-order valence-electron chi connectivity index (χ1n) is 14.6. The van der Waals surface area contributed by atoms with Crippen LogP contribution in [0.25, 0.3) is 44.3 Å². The van der Waals surface area contributed by atoms with Gasteiger partial charge in [0, 0.05) is 33.4 Å². The largest absolute Gasteiger partial charge is 0.454 e. The molecule has 0 radical (unpaired) electrons. The molecule has 1 saturated carbocycles. The minimum atomic E-state index is -2.19. The van der Waals surface area contributed by atoms with Crippen LogP contribution in [0.5, 0.6) is 0 Å². The van der Waals surface area contributed by atoms with Crippen molar-refractivity contribution in [2.24, 2.45) is 7.05 Å². The zero-order valence-electron chi connectivity index (χ0n) is 24.7. The van der Waals surface area contributed by atoms with Gasteiger partial charge in [-0.05, 0) is 67.4 Å². The summed E-state index contributed by atoms with van der Waals surface area (Å²) >= 11 is 0. The Hall–Kier alpha value is -3.90. The highest BCUT2D eigenvalue weighted by atomic mass is 16.3. The van der Waals surface area contributed by atoms with E-state index in [0.29, 0.717) is 16.7 Å². The number of rotatable bonds is 3. The number of nitrogens with zero attached hydrogens (tertiary/aromatic N) is 2. The molecule has 0 spiro atoms. The molecule has 36 heavy (non-hydrogen) atoms. The fourth-order valence-electron chi connectivity index (χ4n) is 5.71. The average Bonchev–Trinajstić information content (AvgIpc) is 3.31. The number of hydrogen-bond donors (Lipinski definition) is 0. The van der Waals surface area contributed by atoms with Gasteiger partial charge < -0.3 is 4.42 Å². The number of hydrogen-bond acceptors (Lipinski definition) is 2. The van der Waals surface area contributed by atoms with Crippen molar-refractivity contribution in [2.45, 2.75) is 51.8 Å². The van der Waals surface area contributed by atoms with E-state index in [4.69, 9.17) is 9.90 Å². The molecule has 0 amide bonds. The van der Waals surface area contributed by atoms with Gasteiger partial charge in [0.25, 0.3) is 0 Å². The lowest BCUT2D eigenvalue weighted by Gasteiger charge is -2.22. The Bertz CT molecular complexity index is 1800. The molecule has 6 rings (SSSR count). The number of nitriles is 1. The summed E-state index contributed by atoms with van der Waals surface area (Å²) in [5, 5.41) is 11.9. The molecular weight excluding hydrogens is 440 g/mol. The molecule has 0 aliphatic heterocycles. The summed E-state index contributed by atoms with van der Waals surface area (Å²) in [6.07, 6.45) is 6.77. The summed E-state index contributed by atoms with van der Waals surface area (Å²) in [5.41, 5.74) is 7.55. The second-order valence-corrected chi connectivity index (χ2v) is 9.87. The monoisotopic (exact) mass is 475 g/mol. The first-order chi connectivity index (χ1) is 19.1. The molecule has 2 heterocycles. The van der Waals surface area contributed by atoms with E-state index in [1.807, 2.05) is 67.1 Å². The van der Waals surface area contributed by atoms with E-state index in [-0.39, 0.29) is 5.56 Å². The maximum Gasteiger partial charge on any atom is 0.216 e. The smallest absolute Gasteiger partial charge is 0.216 e. The van der Waals surface area contributed by atoms with Gasteiger partial charge in [0.1, 0.15) is 18.2 Å². The Balaban J connectivity index is 1.54. The quantitative estimate of drug-likeness (QED) is 0.246. The Morgan fingerprint density at radius 3 is 2.33 bits per heavy atom. The molecule has 5 aromatic rings. The van der Waals surface area contributed by atoms with Crippen LogP contribution in [0.15, 0.2) is 71.3 Å². The van der Waals surface area contributed by atoms with Crippen LogP contribution in [0, 0.1) is 25.1 Å². The van der Waals surface area contributed by atoms with Crippen LogP contribution in [0.3, 0.4) is 0 Å². The Labute approximate surface area is 218 Å². The number of aromatic nitrogens is 1. The number of benzene rings is 3. The van der Waals surface area contributed by atoms with Gasteiger partial charge in [-0.2, -0.15) is 5.26 Å². The zero-order chi connectivity index (χ0) is 28.2. The van der Waals surface area contributed by atoms with Crippen molar-refractivity contribution in [1.82, 2.24) is 0 Å². The van der Waals surface area contributed by atoms with Crippen molar-refractivity contribution in [3.05, 3.63) is 89.1 Å². The van der Waals surface area contributed by atoms with E-state index < -0.39 is 12.7 Å². The van der Waals surface area contributed by atoms with Crippen LogP contribution in [0.4, 0.5) is 0 Å². The molecule has 1 fully saturated rings. The third-order valence-electron chi connectivity index (χ3n) is 7.57. The van der Waals surface area contributed by atoms with E-state index in [0.717, 1.165) is 70.0 Å². The van der Waals surface area contributed by atoms with Gasteiger partial charge >= 0.3 is 0 Å². The van der Waals surface area contributed by atoms with Crippen molar-refractivity contribution in [2.75, 3.05) is 0 Å². The van der Waals surface area contributed by atoms with E-state index in [1.54, 1.807) is 12.3 Å². The molecule has 3 nitrogen and oxygen atoms in total. The minimum absolute atomic E-state index is 0.278. The lowest BCUT2D eigenvalue weighted by atomic mass is 9.83. The molecule has 0 unspecified atom stereocenters. The van der Waals surface area contributed by atoms with Gasteiger partial charge in [-0.15, -0.1) is 0 Å². The maximum absolute atomic E-state index is 10.0. The highest BCUT2D eigenvalue weighted by molar-refractivity contribution is 6.14. The summed E-state index contributed by atoms with van der Waals surface area (Å²) < 4.78 is 40.8. The molecular formula is C33H31N2O+.